The second kappa shape index (κ2) is 8.39. The van der Waals surface area contributed by atoms with Crippen molar-refractivity contribution in [2.24, 2.45) is 0 Å². The van der Waals surface area contributed by atoms with Gasteiger partial charge in [0.25, 0.3) is 10.0 Å². The number of thiazole rings is 1. The van der Waals surface area contributed by atoms with Crippen LogP contribution in [0.5, 0.6) is 0 Å². The Balaban J connectivity index is 1.37. The molecule has 0 saturated carbocycles. The molecular weight excluding hydrogens is 457 g/mol. The van der Waals surface area contributed by atoms with Crippen molar-refractivity contribution in [2.75, 3.05) is 26.2 Å². The first-order chi connectivity index (χ1) is 13.4. The fourth-order valence-corrected chi connectivity index (χ4v) is 7.05. The van der Waals surface area contributed by atoms with E-state index < -0.39 is 10.0 Å². The Kier molecular flexibility index (Phi) is 6.08. The van der Waals surface area contributed by atoms with Crippen molar-refractivity contribution < 1.29 is 8.42 Å². The number of thiophene rings is 1. The Morgan fingerprint density at radius 2 is 1.71 bits per heavy atom. The van der Waals surface area contributed by atoms with Crippen LogP contribution in [0.4, 0.5) is 0 Å². The maximum absolute atomic E-state index is 12.7. The van der Waals surface area contributed by atoms with E-state index in [1.807, 2.05) is 29.6 Å². The number of nitrogens with zero attached hydrogens (tertiary/aromatic N) is 3. The highest BCUT2D eigenvalue weighted by atomic mass is 35.5. The summed E-state index contributed by atoms with van der Waals surface area (Å²) in [6.45, 7) is 3.00. The van der Waals surface area contributed by atoms with Gasteiger partial charge in [-0.15, -0.1) is 22.7 Å². The maximum atomic E-state index is 12.7. The molecule has 0 aliphatic carbocycles. The fraction of sp³-hybridized carbons (Fsp3) is 0.278. The second-order valence-corrected chi connectivity index (χ2v) is 11.6. The van der Waals surface area contributed by atoms with Crippen molar-refractivity contribution in [1.82, 2.24) is 14.2 Å². The molecule has 1 aliphatic heterocycles. The molecule has 5 nitrogen and oxygen atoms in total. The van der Waals surface area contributed by atoms with Gasteiger partial charge in [0, 0.05) is 42.1 Å². The Morgan fingerprint density at radius 1 is 1.00 bits per heavy atom. The molecule has 0 radical (unpaired) electrons. The molecule has 0 atom stereocenters. The molecule has 4 rings (SSSR count). The molecule has 0 spiro atoms. The van der Waals surface area contributed by atoms with Gasteiger partial charge >= 0.3 is 0 Å². The SMILES string of the molecule is O=S(=O)(c1ccc(Cl)s1)N1CCN(Cc2nc(-c3ccc(Cl)cc3)cs2)CC1. The maximum Gasteiger partial charge on any atom is 0.252 e. The standard InChI is InChI=1S/C18H17Cl2N3O2S3/c19-14-3-1-13(2-4-14)15-12-26-17(21-15)11-22-7-9-23(10-8-22)28(24,25)18-6-5-16(20)27-18/h1-6,12H,7-11H2. The minimum absolute atomic E-state index is 0.304. The number of hydrogen-bond acceptors (Lipinski definition) is 6. The van der Waals surface area contributed by atoms with Gasteiger partial charge in [0.2, 0.25) is 0 Å². The van der Waals surface area contributed by atoms with Crippen LogP contribution in [-0.4, -0.2) is 48.8 Å². The van der Waals surface area contributed by atoms with Crippen LogP contribution >= 0.6 is 45.9 Å². The van der Waals surface area contributed by atoms with Gasteiger partial charge in [-0.25, -0.2) is 13.4 Å². The van der Waals surface area contributed by atoms with E-state index in [4.69, 9.17) is 28.2 Å². The summed E-state index contributed by atoms with van der Waals surface area (Å²) in [6.07, 6.45) is 0. The Bertz CT molecular complexity index is 1060. The van der Waals surface area contributed by atoms with Gasteiger partial charge in [0.15, 0.2) is 0 Å². The molecule has 10 heteroatoms. The third kappa shape index (κ3) is 4.43. The van der Waals surface area contributed by atoms with Gasteiger partial charge in [-0.05, 0) is 24.3 Å². The average molecular weight is 474 g/mol. The third-order valence-electron chi connectivity index (χ3n) is 4.52. The number of halogens is 2. The van der Waals surface area contributed by atoms with E-state index in [1.165, 1.54) is 4.31 Å². The molecule has 28 heavy (non-hydrogen) atoms. The molecule has 3 heterocycles. The van der Waals surface area contributed by atoms with Crippen molar-refractivity contribution in [3.05, 3.63) is 56.1 Å². The first-order valence-electron chi connectivity index (χ1n) is 8.60. The molecule has 3 aromatic rings. The minimum Gasteiger partial charge on any atom is -0.294 e. The lowest BCUT2D eigenvalue weighted by atomic mass is 10.2. The molecule has 0 bridgehead atoms. The lowest BCUT2D eigenvalue weighted by molar-refractivity contribution is 0.181. The Labute approximate surface area is 182 Å². The molecule has 0 amide bonds. The van der Waals surface area contributed by atoms with Crippen molar-refractivity contribution in [3.8, 4) is 11.3 Å². The second-order valence-electron chi connectivity index (χ2n) is 6.37. The van der Waals surface area contributed by atoms with Crippen LogP contribution in [0.25, 0.3) is 11.3 Å². The Hall–Kier alpha value is -1.00. The summed E-state index contributed by atoms with van der Waals surface area (Å²) in [5, 5.41) is 3.77. The molecule has 148 valence electrons. The number of benzene rings is 1. The van der Waals surface area contributed by atoms with Crippen molar-refractivity contribution >= 4 is 55.9 Å². The van der Waals surface area contributed by atoms with Crippen LogP contribution < -0.4 is 0 Å². The van der Waals surface area contributed by atoms with Gasteiger partial charge < -0.3 is 0 Å². The number of piperazine rings is 1. The first-order valence-corrected chi connectivity index (χ1v) is 12.5. The molecule has 1 fully saturated rings. The van der Waals surface area contributed by atoms with Crippen molar-refractivity contribution in [1.29, 1.82) is 0 Å². The number of aromatic nitrogens is 1. The van der Waals surface area contributed by atoms with Crippen molar-refractivity contribution in [2.45, 2.75) is 10.8 Å². The van der Waals surface area contributed by atoms with Crippen LogP contribution in [0, 0.1) is 0 Å². The highest BCUT2D eigenvalue weighted by Gasteiger charge is 2.29. The molecular formula is C18H17Cl2N3O2S3. The van der Waals surface area contributed by atoms with E-state index in [9.17, 15) is 8.42 Å². The largest absolute Gasteiger partial charge is 0.294 e. The van der Waals surface area contributed by atoms with E-state index in [1.54, 1.807) is 23.5 Å². The molecule has 0 unspecified atom stereocenters. The van der Waals surface area contributed by atoms with Gasteiger partial charge in [0.1, 0.15) is 9.22 Å². The zero-order valence-electron chi connectivity index (χ0n) is 14.7. The lowest BCUT2D eigenvalue weighted by Crippen LogP contribution is -2.48. The van der Waals surface area contributed by atoms with Crippen LogP contribution in [0.1, 0.15) is 5.01 Å². The van der Waals surface area contributed by atoms with E-state index in [0.29, 0.717) is 39.7 Å². The van der Waals surface area contributed by atoms with E-state index >= 15 is 0 Å². The minimum atomic E-state index is -3.46. The first kappa shape index (κ1) is 20.3. The van der Waals surface area contributed by atoms with Crippen LogP contribution in [0.2, 0.25) is 9.36 Å². The predicted molar refractivity (Wildman–Crippen MR) is 116 cm³/mol. The average Bonchev–Trinajstić information content (AvgIpc) is 3.32. The van der Waals surface area contributed by atoms with E-state index in [0.717, 1.165) is 34.1 Å². The highest BCUT2D eigenvalue weighted by Crippen LogP contribution is 2.29. The van der Waals surface area contributed by atoms with Crippen molar-refractivity contribution in [3.63, 3.8) is 0 Å². The zero-order valence-corrected chi connectivity index (χ0v) is 18.7. The summed E-state index contributed by atoms with van der Waals surface area (Å²) in [7, 11) is -3.46. The van der Waals surface area contributed by atoms with Crippen LogP contribution in [-0.2, 0) is 16.6 Å². The van der Waals surface area contributed by atoms with Gasteiger partial charge in [-0.2, -0.15) is 4.31 Å². The molecule has 2 aromatic heterocycles. The highest BCUT2D eigenvalue weighted by molar-refractivity contribution is 7.91. The third-order valence-corrected chi connectivity index (χ3v) is 9.21. The smallest absolute Gasteiger partial charge is 0.252 e. The Morgan fingerprint density at radius 3 is 2.36 bits per heavy atom. The summed E-state index contributed by atoms with van der Waals surface area (Å²) in [6, 6.07) is 10.8. The van der Waals surface area contributed by atoms with Crippen LogP contribution in [0.3, 0.4) is 0 Å². The monoisotopic (exact) mass is 473 g/mol. The van der Waals surface area contributed by atoms with E-state index in [-0.39, 0.29) is 0 Å². The normalized spacial score (nSPS) is 16.5. The summed E-state index contributed by atoms with van der Waals surface area (Å²) < 4.78 is 27.7. The number of rotatable bonds is 5. The quantitative estimate of drug-likeness (QED) is 0.539. The topological polar surface area (TPSA) is 53.5 Å². The van der Waals surface area contributed by atoms with Gasteiger partial charge in [-0.1, -0.05) is 35.3 Å². The van der Waals surface area contributed by atoms with Gasteiger partial charge in [-0.3, -0.25) is 4.90 Å². The number of sulfonamides is 1. The molecule has 0 N–H and O–H groups in total. The lowest BCUT2D eigenvalue weighted by Gasteiger charge is -2.33. The zero-order chi connectivity index (χ0) is 19.7. The molecule has 1 aromatic carbocycles. The molecule has 1 saturated heterocycles. The number of hydrogen-bond donors (Lipinski definition) is 0. The fourth-order valence-electron chi connectivity index (χ4n) is 3.02. The summed E-state index contributed by atoms with van der Waals surface area (Å²) in [4.78, 5) is 6.95. The van der Waals surface area contributed by atoms with Crippen LogP contribution in [0.15, 0.2) is 46.0 Å². The predicted octanol–water partition coefficient (Wildman–Crippen LogP) is 4.68. The summed E-state index contributed by atoms with van der Waals surface area (Å²) >= 11 is 14.5. The van der Waals surface area contributed by atoms with Gasteiger partial charge in [0.05, 0.1) is 16.6 Å². The molecule has 1 aliphatic rings. The summed E-state index contributed by atoms with van der Waals surface area (Å²) in [5.41, 5.74) is 1.98. The van der Waals surface area contributed by atoms with E-state index in [2.05, 4.69) is 4.90 Å². The summed E-state index contributed by atoms with van der Waals surface area (Å²) in [5.74, 6) is 0.